The van der Waals surface area contributed by atoms with Gasteiger partial charge in [0.15, 0.2) is 0 Å². The number of hydrogen-bond acceptors (Lipinski definition) is 4. The Morgan fingerprint density at radius 1 is 0.424 bits per heavy atom. The van der Waals surface area contributed by atoms with Crippen molar-refractivity contribution in [1.29, 1.82) is 0 Å². The van der Waals surface area contributed by atoms with Gasteiger partial charge in [0.05, 0.1) is 34.4 Å². The minimum Gasteiger partial charge on any atom is -0.463 e. The van der Waals surface area contributed by atoms with Gasteiger partial charge in [-0.25, -0.2) is 0 Å². The van der Waals surface area contributed by atoms with Crippen molar-refractivity contribution in [1.82, 2.24) is 4.57 Å². The van der Waals surface area contributed by atoms with Crippen molar-refractivity contribution in [3.05, 3.63) is 218 Å². The summed E-state index contributed by atoms with van der Waals surface area (Å²) in [5.74, 6) is 0.884. The summed E-state index contributed by atoms with van der Waals surface area (Å²) in [7, 11) is 0. The highest BCUT2D eigenvalue weighted by Crippen LogP contribution is 2.51. The summed E-state index contributed by atoms with van der Waals surface area (Å²) >= 11 is 0. The molecule has 5 nitrogen and oxygen atoms in total. The Balaban J connectivity index is 1.16. The first kappa shape index (κ1) is 37.0. The molecule has 0 radical (unpaired) electrons. The lowest BCUT2D eigenvalue weighted by molar-refractivity contribution is 0.579. The van der Waals surface area contributed by atoms with Crippen molar-refractivity contribution in [3.8, 4) is 27.9 Å². The molecule has 310 valence electrons. The molecule has 5 heterocycles. The predicted octanol–water partition coefficient (Wildman–Crippen LogP) is 14.3. The van der Waals surface area contributed by atoms with Crippen LogP contribution in [0.15, 0.2) is 215 Å². The fraction of sp³-hybridized carbons (Fsp3) is 0.0333. The van der Waals surface area contributed by atoms with Gasteiger partial charge in [-0.15, -0.1) is 0 Å². The van der Waals surface area contributed by atoms with Crippen LogP contribution in [-0.4, -0.2) is 11.3 Å². The highest BCUT2D eigenvalue weighted by Gasteiger charge is 2.44. The van der Waals surface area contributed by atoms with E-state index in [0.717, 1.165) is 106 Å². The van der Waals surface area contributed by atoms with Crippen LogP contribution in [0.2, 0.25) is 0 Å². The van der Waals surface area contributed by atoms with Gasteiger partial charge in [0, 0.05) is 55.4 Å². The van der Waals surface area contributed by atoms with Crippen LogP contribution in [0.3, 0.4) is 0 Å². The molecule has 12 aromatic rings. The topological polar surface area (TPSA) is 37.7 Å². The summed E-state index contributed by atoms with van der Waals surface area (Å²) in [6.07, 6.45) is 1.89. The van der Waals surface area contributed by atoms with E-state index in [1.165, 1.54) is 27.2 Å². The zero-order valence-corrected chi connectivity index (χ0v) is 36.4. The standard InChI is InChI=1S/C60H40BN3O2/c1-37-36-65-60-43(37)30-32-53(57(60)40-19-7-4-8-20-40)64-51-28-16-12-24-47(51)61-46-23-11-15-27-50(46)63(52-31-29-41-33-38(2)66-59(41)56(52)39-17-5-3-6-18-39)54-34-42(35-55(64)58(54)61)62-48-25-13-9-21-44(48)45-22-10-14-26-49(45)62/h3-36H,1-2H3. The van der Waals surface area contributed by atoms with E-state index in [4.69, 9.17) is 8.83 Å². The molecule has 14 rings (SSSR count). The van der Waals surface area contributed by atoms with Crippen LogP contribution < -0.4 is 26.2 Å². The second kappa shape index (κ2) is 14.0. The van der Waals surface area contributed by atoms with E-state index in [-0.39, 0.29) is 6.71 Å². The number of hydrogen-bond donors (Lipinski definition) is 0. The molecule has 0 saturated carbocycles. The smallest absolute Gasteiger partial charge is 0.252 e. The van der Waals surface area contributed by atoms with Gasteiger partial charge in [0.1, 0.15) is 16.9 Å². The number of furan rings is 2. The van der Waals surface area contributed by atoms with Crippen LogP contribution in [0, 0.1) is 13.8 Å². The van der Waals surface area contributed by atoms with Gasteiger partial charge in [0.2, 0.25) is 0 Å². The average Bonchev–Trinajstić information content (AvgIpc) is 4.05. The third-order valence-corrected chi connectivity index (χ3v) is 14.0. The Hall–Kier alpha value is -8.48. The van der Waals surface area contributed by atoms with Crippen LogP contribution in [0.4, 0.5) is 34.1 Å². The average molecular weight is 846 g/mol. The third kappa shape index (κ3) is 5.18. The molecule has 9 aromatic carbocycles. The predicted molar refractivity (Wildman–Crippen MR) is 275 cm³/mol. The minimum absolute atomic E-state index is 0.0633. The molecular weight excluding hydrogens is 805 g/mol. The van der Waals surface area contributed by atoms with Crippen molar-refractivity contribution in [2.45, 2.75) is 13.8 Å². The maximum Gasteiger partial charge on any atom is 0.252 e. The number of aryl methyl sites for hydroxylation is 2. The van der Waals surface area contributed by atoms with Gasteiger partial charge < -0.3 is 23.2 Å². The minimum atomic E-state index is -0.0633. The Morgan fingerprint density at radius 3 is 1.55 bits per heavy atom. The fourth-order valence-corrected chi connectivity index (χ4v) is 11.3. The van der Waals surface area contributed by atoms with Gasteiger partial charge in [0.25, 0.3) is 6.71 Å². The Kier molecular flexibility index (Phi) is 7.84. The molecule has 0 amide bonds. The van der Waals surface area contributed by atoms with E-state index >= 15 is 0 Å². The highest BCUT2D eigenvalue weighted by molar-refractivity contribution is 7.00. The summed E-state index contributed by atoms with van der Waals surface area (Å²) < 4.78 is 15.7. The van der Waals surface area contributed by atoms with Crippen LogP contribution in [0.5, 0.6) is 0 Å². The maximum atomic E-state index is 6.68. The van der Waals surface area contributed by atoms with Crippen molar-refractivity contribution in [3.63, 3.8) is 0 Å². The largest absolute Gasteiger partial charge is 0.463 e. The molecule has 2 aliphatic heterocycles. The summed E-state index contributed by atoms with van der Waals surface area (Å²) in [6, 6.07) is 73.2. The van der Waals surface area contributed by atoms with E-state index in [1.54, 1.807) is 0 Å². The molecule has 0 saturated heterocycles. The molecule has 66 heavy (non-hydrogen) atoms. The Morgan fingerprint density at radius 2 is 0.939 bits per heavy atom. The molecule has 0 spiro atoms. The first-order valence-electron chi connectivity index (χ1n) is 22.7. The Labute approximate surface area is 382 Å². The zero-order chi connectivity index (χ0) is 43.6. The van der Waals surface area contributed by atoms with Gasteiger partial charge in [-0.3, -0.25) is 0 Å². The molecular formula is C60H40BN3O2. The second-order valence-corrected chi connectivity index (χ2v) is 17.7. The molecule has 2 aliphatic rings. The van der Waals surface area contributed by atoms with Crippen molar-refractivity contribution in [2.75, 3.05) is 9.80 Å². The molecule has 6 heteroatoms. The van der Waals surface area contributed by atoms with Gasteiger partial charge in [-0.1, -0.05) is 133 Å². The zero-order valence-electron chi connectivity index (χ0n) is 36.4. The molecule has 0 N–H and O–H groups in total. The van der Waals surface area contributed by atoms with E-state index < -0.39 is 0 Å². The van der Waals surface area contributed by atoms with Crippen LogP contribution >= 0.6 is 0 Å². The molecule has 0 aliphatic carbocycles. The van der Waals surface area contributed by atoms with Gasteiger partial charge >= 0.3 is 0 Å². The van der Waals surface area contributed by atoms with Crippen molar-refractivity contribution >= 4 is 101 Å². The number of rotatable bonds is 5. The van der Waals surface area contributed by atoms with Crippen LogP contribution in [-0.2, 0) is 0 Å². The summed E-state index contributed by atoms with van der Waals surface area (Å²) in [4.78, 5) is 5.04. The van der Waals surface area contributed by atoms with E-state index in [9.17, 15) is 0 Å². The van der Waals surface area contributed by atoms with E-state index in [0.29, 0.717) is 0 Å². The Bertz CT molecular complexity index is 3760. The number of anilines is 6. The first-order chi connectivity index (χ1) is 32.6. The monoisotopic (exact) mass is 845 g/mol. The first-order valence-corrected chi connectivity index (χ1v) is 22.7. The number of aromatic nitrogens is 1. The quantitative estimate of drug-likeness (QED) is 0.162. The molecule has 0 atom stereocenters. The van der Waals surface area contributed by atoms with Crippen molar-refractivity contribution < 1.29 is 8.83 Å². The summed E-state index contributed by atoms with van der Waals surface area (Å²) in [5.41, 5.74) is 20.9. The van der Waals surface area contributed by atoms with Crippen LogP contribution in [0.25, 0.3) is 71.7 Å². The summed E-state index contributed by atoms with van der Waals surface area (Å²) in [5, 5.41) is 4.63. The fourth-order valence-electron chi connectivity index (χ4n) is 11.3. The lowest BCUT2D eigenvalue weighted by Crippen LogP contribution is -2.61. The SMILES string of the molecule is Cc1cc2ccc(N3c4ccccc4B4c5ccccc5N(c5ccc6c(C)coc6c5-c5ccccc5)c5cc(-n6c7ccccc7c7ccccc76)cc3c54)c(-c3ccccc3)c2o1. The number of fused-ring (bicyclic) bond motifs is 9. The molecule has 0 unspecified atom stereocenters. The molecule has 0 bridgehead atoms. The maximum absolute atomic E-state index is 6.68. The van der Waals surface area contributed by atoms with Crippen molar-refractivity contribution in [2.24, 2.45) is 0 Å². The lowest BCUT2D eigenvalue weighted by Gasteiger charge is -2.45. The van der Waals surface area contributed by atoms with Gasteiger partial charge in [-0.2, -0.15) is 0 Å². The molecule has 0 fully saturated rings. The van der Waals surface area contributed by atoms with Gasteiger partial charge in [-0.05, 0) is 114 Å². The van der Waals surface area contributed by atoms with Crippen LogP contribution in [0.1, 0.15) is 11.3 Å². The lowest BCUT2D eigenvalue weighted by atomic mass is 9.33. The molecule has 3 aromatic heterocycles. The van der Waals surface area contributed by atoms with E-state index in [1.807, 2.05) is 13.2 Å². The number of para-hydroxylation sites is 4. The second-order valence-electron chi connectivity index (χ2n) is 17.7. The normalized spacial score (nSPS) is 12.9. The summed E-state index contributed by atoms with van der Waals surface area (Å²) in [6.45, 7) is 4.11. The van der Waals surface area contributed by atoms with E-state index in [2.05, 4.69) is 221 Å². The number of benzene rings is 9. The highest BCUT2D eigenvalue weighted by atomic mass is 16.3. The number of nitrogens with zero attached hydrogens (tertiary/aromatic N) is 3. The third-order valence-electron chi connectivity index (χ3n) is 14.0.